The van der Waals surface area contributed by atoms with Crippen molar-refractivity contribution in [2.24, 2.45) is 0 Å². The number of thiophene rings is 1. The van der Waals surface area contributed by atoms with E-state index in [2.05, 4.69) is 30.7 Å². The number of aryl methyl sites for hydroxylation is 2. The highest BCUT2D eigenvalue weighted by atomic mass is 32.2. The molecule has 120 valence electrons. The van der Waals surface area contributed by atoms with Crippen LogP contribution in [-0.2, 0) is 9.53 Å². The number of rotatable bonds is 7. The number of carbonyl (C=O) groups excluding carboxylic acids is 1. The van der Waals surface area contributed by atoms with Crippen LogP contribution >= 0.6 is 23.1 Å². The van der Waals surface area contributed by atoms with Gasteiger partial charge in [-0.1, -0.05) is 31.5 Å². The van der Waals surface area contributed by atoms with E-state index in [-0.39, 0.29) is 11.2 Å². The Morgan fingerprint density at radius 3 is 2.86 bits per heavy atom. The van der Waals surface area contributed by atoms with E-state index < -0.39 is 0 Å². The summed E-state index contributed by atoms with van der Waals surface area (Å²) in [4.78, 5) is 23.0. The van der Waals surface area contributed by atoms with Crippen LogP contribution in [0.25, 0.3) is 10.2 Å². The van der Waals surface area contributed by atoms with Gasteiger partial charge in [-0.3, -0.25) is 4.79 Å². The zero-order valence-electron chi connectivity index (χ0n) is 13.5. The van der Waals surface area contributed by atoms with Crippen molar-refractivity contribution >= 4 is 39.3 Å². The predicted molar refractivity (Wildman–Crippen MR) is 92.7 cm³/mol. The Morgan fingerprint density at radius 2 is 2.14 bits per heavy atom. The van der Waals surface area contributed by atoms with Gasteiger partial charge in [0.25, 0.3) is 0 Å². The van der Waals surface area contributed by atoms with Crippen molar-refractivity contribution in [1.29, 1.82) is 0 Å². The third-order valence-electron chi connectivity index (χ3n) is 3.54. The van der Waals surface area contributed by atoms with Crippen LogP contribution in [0.4, 0.5) is 0 Å². The molecule has 2 rings (SSSR count). The van der Waals surface area contributed by atoms with Crippen molar-refractivity contribution in [2.75, 3.05) is 6.61 Å². The number of thioether (sulfide) groups is 1. The fourth-order valence-electron chi connectivity index (χ4n) is 2.10. The Kier molecular flexibility index (Phi) is 6.20. The van der Waals surface area contributed by atoms with Crippen LogP contribution in [0, 0.1) is 13.8 Å². The zero-order chi connectivity index (χ0) is 16.1. The molecule has 0 aliphatic carbocycles. The minimum absolute atomic E-state index is 0.169. The summed E-state index contributed by atoms with van der Waals surface area (Å²) in [6.45, 7) is 8.67. The molecule has 0 aromatic carbocycles. The van der Waals surface area contributed by atoms with Gasteiger partial charge < -0.3 is 4.74 Å². The van der Waals surface area contributed by atoms with Crippen molar-refractivity contribution in [1.82, 2.24) is 9.97 Å². The summed E-state index contributed by atoms with van der Waals surface area (Å²) < 4.78 is 5.33. The molecule has 2 aromatic rings. The summed E-state index contributed by atoms with van der Waals surface area (Å²) in [5.74, 6) is -0.169. The van der Waals surface area contributed by atoms with Gasteiger partial charge in [0.2, 0.25) is 0 Å². The molecule has 6 heteroatoms. The second-order valence-electron chi connectivity index (χ2n) is 5.28. The molecule has 4 nitrogen and oxygen atoms in total. The molecule has 0 aliphatic rings. The zero-order valence-corrected chi connectivity index (χ0v) is 15.1. The number of ether oxygens (including phenoxy) is 1. The Balaban J connectivity index is 2.05. The van der Waals surface area contributed by atoms with Crippen LogP contribution in [0.1, 0.15) is 43.6 Å². The summed E-state index contributed by atoms with van der Waals surface area (Å²) in [7, 11) is 0. The second-order valence-corrected chi connectivity index (χ2v) is 7.81. The molecule has 22 heavy (non-hydrogen) atoms. The van der Waals surface area contributed by atoms with Gasteiger partial charge in [0, 0.05) is 10.3 Å². The van der Waals surface area contributed by atoms with E-state index >= 15 is 0 Å². The average molecular weight is 338 g/mol. The first kappa shape index (κ1) is 17.2. The van der Waals surface area contributed by atoms with Gasteiger partial charge in [-0.25, -0.2) is 9.97 Å². The monoisotopic (exact) mass is 338 g/mol. The number of esters is 1. The number of unbranched alkanes of at least 4 members (excludes halogenated alkanes) is 2. The van der Waals surface area contributed by atoms with E-state index in [0.717, 1.165) is 34.5 Å². The highest BCUT2D eigenvalue weighted by Crippen LogP contribution is 2.36. The standard InChI is InChI=1S/C16H22N2O2S2/c1-5-6-7-8-20-16(19)12(4)22-15-13-10(2)11(3)21-14(13)17-9-18-15/h9,12H,5-8H2,1-4H3/t12-/m1/s1. The highest BCUT2D eigenvalue weighted by molar-refractivity contribution is 8.00. The van der Waals surface area contributed by atoms with Crippen LogP contribution in [0.15, 0.2) is 11.4 Å². The van der Waals surface area contributed by atoms with E-state index in [0.29, 0.717) is 6.61 Å². The van der Waals surface area contributed by atoms with Crippen LogP contribution in [-0.4, -0.2) is 27.8 Å². The minimum Gasteiger partial charge on any atom is -0.465 e. The molecule has 2 heterocycles. The molecule has 0 fully saturated rings. The molecule has 0 aliphatic heterocycles. The Labute approximate surface area is 139 Å². The lowest BCUT2D eigenvalue weighted by molar-refractivity contribution is -0.142. The van der Waals surface area contributed by atoms with Crippen molar-refractivity contribution in [3.05, 3.63) is 16.8 Å². The van der Waals surface area contributed by atoms with Gasteiger partial charge >= 0.3 is 5.97 Å². The highest BCUT2D eigenvalue weighted by Gasteiger charge is 2.20. The number of hydrogen-bond acceptors (Lipinski definition) is 6. The predicted octanol–water partition coefficient (Wildman–Crippen LogP) is 4.52. The minimum atomic E-state index is -0.265. The van der Waals surface area contributed by atoms with Gasteiger partial charge in [-0.2, -0.15) is 0 Å². The summed E-state index contributed by atoms with van der Waals surface area (Å²) in [5, 5.41) is 1.67. The van der Waals surface area contributed by atoms with Crippen molar-refractivity contribution < 1.29 is 9.53 Å². The maximum Gasteiger partial charge on any atom is 0.319 e. The molecule has 0 amide bonds. The molecule has 1 atom stereocenters. The summed E-state index contributed by atoms with van der Waals surface area (Å²) in [5.41, 5.74) is 1.20. The molecule has 0 unspecified atom stereocenters. The van der Waals surface area contributed by atoms with E-state index in [4.69, 9.17) is 4.74 Å². The van der Waals surface area contributed by atoms with Crippen LogP contribution < -0.4 is 0 Å². The molecular formula is C16H22N2O2S2. The lowest BCUT2D eigenvalue weighted by Crippen LogP contribution is -2.17. The first-order chi connectivity index (χ1) is 10.5. The van der Waals surface area contributed by atoms with E-state index in [1.165, 1.54) is 22.2 Å². The Bertz CT molecular complexity index is 655. The summed E-state index contributed by atoms with van der Waals surface area (Å²) >= 11 is 3.12. The lowest BCUT2D eigenvalue weighted by Gasteiger charge is -2.11. The topological polar surface area (TPSA) is 52.1 Å². The summed E-state index contributed by atoms with van der Waals surface area (Å²) in [6, 6.07) is 0. The van der Waals surface area contributed by atoms with Crippen LogP contribution in [0.5, 0.6) is 0 Å². The average Bonchev–Trinajstić information content (AvgIpc) is 2.79. The van der Waals surface area contributed by atoms with E-state index in [1.807, 2.05) is 6.92 Å². The normalized spacial score (nSPS) is 12.5. The van der Waals surface area contributed by atoms with Crippen molar-refractivity contribution in [3.63, 3.8) is 0 Å². The van der Waals surface area contributed by atoms with Crippen molar-refractivity contribution in [2.45, 2.75) is 57.2 Å². The first-order valence-electron chi connectivity index (χ1n) is 7.58. The van der Waals surface area contributed by atoms with Gasteiger partial charge in [0.05, 0.1) is 6.61 Å². The molecule has 0 bridgehead atoms. The maximum absolute atomic E-state index is 12.1. The molecule has 0 radical (unpaired) electrons. The van der Waals surface area contributed by atoms with Gasteiger partial charge in [-0.05, 0) is 32.8 Å². The first-order valence-corrected chi connectivity index (χ1v) is 9.28. The van der Waals surface area contributed by atoms with E-state index in [9.17, 15) is 4.79 Å². The number of aromatic nitrogens is 2. The molecule has 0 saturated heterocycles. The second kappa shape index (κ2) is 7.92. The third-order valence-corrected chi connectivity index (χ3v) is 5.74. The molecule has 0 N–H and O–H groups in total. The van der Waals surface area contributed by atoms with Crippen molar-refractivity contribution in [3.8, 4) is 0 Å². The lowest BCUT2D eigenvalue weighted by atomic mass is 10.2. The van der Waals surface area contributed by atoms with Gasteiger partial charge in [0.1, 0.15) is 21.4 Å². The van der Waals surface area contributed by atoms with Crippen LogP contribution in [0.2, 0.25) is 0 Å². The molecular weight excluding hydrogens is 316 g/mol. The number of carbonyl (C=O) groups is 1. The Hall–Kier alpha value is -1.14. The smallest absolute Gasteiger partial charge is 0.319 e. The van der Waals surface area contributed by atoms with Gasteiger partial charge in [0.15, 0.2) is 0 Å². The molecule has 0 saturated carbocycles. The fraction of sp³-hybridized carbons (Fsp3) is 0.562. The third kappa shape index (κ3) is 3.98. The van der Waals surface area contributed by atoms with Gasteiger partial charge in [-0.15, -0.1) is 11.3 Å². The number of hydrogen-bond donors (Lipinski definition) is 0. The molecule has 0 spiro atoms. The fourth-order valence-corrected chi connectivity index (χ4v) is 4.13. The summed E-state index contributed by atoms with van der Waals surface area (Å²) in [6.07, 6.45) is 4.71. The number of nitrogens with zero attached hydrogens (tertiary/aromatic N) is 2. The largest absolute Gasteiger partial charge is 0.465 e. The number of fused-ring (bicyclic) bond motifs is 1. The van der Waals surface area contributed by atoms with Crippen LogP contribution in [0.3, 0.4) is 0 Å². The maximum atomic E-state index is 12.1. The SMILES string of the molecule is CCCCCOC(=O)[C@@H](C)Sc1ncnc2sc(C)c(C)c12. The molecule has 2 aromatic heterocycles. The van der Waals surface area contributed by atoms with E-state index in [1.54, 1.807) is 17.7 Å². The quantitative estimate of drug-likeness (QED) is 0.321. The Morgan fingerprint density at radius 1 is 1.36 bits per heavy atom.